The van der Waals surface area contributed by atoms with Crippen LogP contribution < -0.4 is 0 Å². The van der Waals surface area contributed by atoms with Crippen molar-refractivity contribution in [2.75, 3.05) is 72.1 Å². The van der Waals surface area contributed by atoms with Crippen LogP contribution in [0.1, 0.15) is 18.4 Å². The topological polar surface area (TPSA) is 56.3 Å². The Balaban J connectivity index is 1.16. The van der Waals surface area contributed by atoms with Gasteiger partial charge in [-0.1, -0.05) is 30.3 Å². The van der Waals surface area contributed by atoms with Crippen LogP contribution in [0.25, 0.3) is 0 Å². The Morgan fingerprint density at radius 2 is 1.47 bits per heavy atom. The molecule has 4 rings (SSSR count). The van der Waals surface area contributed by atoms with Crippen LogP contribution >= 0.6 is 0 Å². The molecule has 3 saturated heterocycles. The van der Waals surface area contributed by atoms with Gasteiger partial charge in [0.15, 0.2) is 0 Å². The second-order valence-corrected chi connectivity index (χ2v) is 8.63. The molecule has 0 bridgehead atoms. The molecular formula is C23H34N4O3. The molecule has 0 N–H and O–H groups in total. The summed E-state index contributed by atoms with van der Waals surface area (Å²) in [6.07, 6.45) is 1.71. The van der Waals surface area contributed by atoms with Crippen LogP contribution in [0.5, 0.6) is 0 Å². The van der Waals surface area contributed by atoms with Gasteiger partial charge in [0, 0.05) is 51.7 Å². The first-order valence-corrected chi connectivity index (χ1v) is 11.3. The van der Waals surface area contributed by atoms with Gasteiger partial charge in [0.1, 0.15) is 0 Å². The van der Waals surface area contributed by atoms with Crippen molar-refractivity contribution < 1.29 is 14.3 Å². The zero-order valence-electron chi connectivity index (χ0n) is 17.9. The average molecular weight is 415 g/mol. The van der Waals surface area contributed by atoms with Crippen LogP contribution in [-0.4, -0.2) is 104 Å². The number of morpholine rings is 1. The molecular weight excluding hydrogens is 380 g/mol. The Morgan fingerprint density at radius 3 is 2.13 bits per heavy atom. The predicted octanol–water partition coefficient (Wildman–Crippen LogP) is 0.902. The fourth-order valence-corrected chi connectivity index (χ4v) is 4.67. The van der Waals surface area contributed by atoms with E-state index in [9.17, 15) is 9.59 Å². The molecule has 7 nitrogen and oxygen atoms in total. The number of hydrogen-bond donors (Lipinski definition) is 0. The monoisotopic (exact) mass is 414 g/mol. The summed E-state index contributed by atoms with van der Waals surface area (Å²) in [4.78, 5) is 34.0. The van der Waals surface area contributed by atoms with E-state index in [1.165, 1.54) is 5.56 Å². The van der Waals surface area contributed by atoms with Crippen molar-refractivity contribution in [3.8, 4) is 0 Å². The van der Waals surface area contributed by atoms with Crippen LogP contribution in [0.2, 0.25) is 0 Å². The number of benzene rings is 1. The minimum atomic E-state index is 0.107. The van der Waals surface area contributed by atoms with Crippen molar-refractivity contribution in [1.29, 1.82) is 0 Å². The van der Waals surface area contributed by atoms with Crippen LogP contribution in [0.15, 0.2) is 30.3 Å². The molecule has 0 aromatic heterocycles. The SMILES string of the molecule is O=C(CN1CCC(C(=O)N2CCOCC2)CC1)N1CCN(Cc2ccccc2)CC1. The Hall–Kier alpha value is -1.96. The van der Waals surface area contributed by atoms with Crippen molar-refractivity contribution in [3.63, 3.8) is 0 Å². The maximum Gasteiger partial charge on any atom is 0.236 e. The van der Waals surface area contributed by atoms with Gasteiger partial charge in [0.05, 0.1) is 19.8 Å². The molecule has 1 aromatic rings. The van der Waals surface area contributed by atoms with E-state index < -0.39 is 0 Å². The van der Waals surface area contributed by atoms with Crippen LogP contribution in [0.3, 0.4) is 0 Å². The van der Waals surface area contributed by atoms with Crippen molar-refractivity contribution in [1.82, 2.24) is 19.6 Å². The Morgan fingerprint density at radius 1 is 0.800 bits per heavy atom. The summed E-state index contributed by atoms with van der Waals surface area (Å²) in [6, 6.07) is 10.5. The third-order valence-corrected chi connectivity index (χ3v) is 6.59. The highest BCUT2D eigenvalue weighted by molar-refractivity contribution is 5.80. The van der Waals surface area contributed by atoms with Crippen molar-refractivity contribution >= 4 is 11.8 Å². The molecule has 0 radical (unpaired) electrons. The van der Waals surface area contributed by atoms with Crippen LogP contribution in [0, 0.1) is 5.92 Å². The lowest BCUT2D eigenvalue weighted by atomic mass is 9.95. The Kier molecular flexibility index (Phi) is 7.36. The van der Waals surface area contributed by atoms with Gasteiger partial charge < -0.3 is 14.5 Å². The standard InChI is InChI=1S/C23H34N4O3/c28-22(26-12-10-25(11-13-26)18-20-4-2-1-3-5-20)19-24-8-6-21(7-9-24)23(29)27-14-16-30-17-15-27/h1-5,21H,6-19H2. The first-order valence-electron chi connectivity index (χ1n) is 11.3. The number of rotatable bonds is 5. The lowest BCUT2D eigenvalue weighted by molar-refractivity contribution is -0.141. The molecule has 0 atom stereocenters. The van der Waals surface area contributed by atoms with E-state index in [4.69, 9.17) is 4.74 Å². The number of likely N-dealkylation sites (tertiary alicyclic amines) is 1. The third kappa shape index (κ3) is 5.59. The number of carbonyl (C=O) groups is 2. The van der Waals surface area contributed by atoms with Crippen LogP contribution in [0.4, 0.5) is 0 Å². The van der Waals surface area contributed by atoms with Crippen molar-refractivity contribution in [2.24, 2.45) is 5.92 Å². The maximum absolute atomic E-state index is 12.8. The van der Waals surface area contributed by atoms with E-state index in [0.717, 1.165) is 58.7 Å². The molecule has 0 unspecified atom stereocenters. The minimum absolute atomic E-state index is 0.107. The lowest BCUT2D eigenvalue weighted by Crippen LogP contribution is -2.52. The second kappa shape index (κ2) is 10.4. The summed E-state index contributed by atoms with van der Waals surface area (Å²) >= 11 is 0. The minimum Gasteiger partial charge on any atom is -0.378 e. The molecule has 3 aliphatic rings. The summed E-state index contributed by atoms with van der Waals surface area (Å²) in [5.74, 6) is 0.613. The van der Waals surface area contributed by atoms with Gasteiger partial charge in [-0.15, -0.1) is 0 Å². The first kappa shape index (κ1) is 21.3. The highest BCUT2D eigenvalue weighted by Gasteiger charge is 2.31. The summed E-state index contributed by atoms with van der Waals surface area (Å²) in [6.45, 7) is 9.30. The van der Waals surface area contributed by atoms with E-state index in [-0.39, 0.29) is 17.7 Å². The molecule has 1 aromatic carbocycles. The summed E-state index contributed by atoms with van der Waals surface area (Å²) in [5, 5.41) is 0. The highest BCUT2D eigenvalue weighted by Crippen LogP contribution is 2.20. The Labute approximate surface area is 179 Å². The van der Waals surface area contributed by atoms with Crippen LogP contribution in [-0.2, 0) is 20.9 Å². The molecule has 7 heteroatoms. The zero-order valence-corrected chi connectivity index (χ0v) is 17.9. The number of piperazine rings is 1. The van der Waals surface area contributed by atoms with E-state index in [1.54, 1.807) is 0 Å². The number of hydrogen-bond acceptors (Lipinski definition) is 5. The number of carbonyl (C=O) groups excluding carboxylic acids is 2. The van der Waals surface area contributed by atoms with Crippen molar-refractivity contribution in [3.05, 3.63) is 35.9 Å². The largest absolute Gasteiger partial charge is 0.378 e. The van der Waals surface area contributed by atoms with Gasteiger partial charge in [0.25, 0.3) is 0 Å². The molecule has 30 heavy (non-hydrogen) atoms. The van der Waals surface area contributed by atoms with Gasteiger partial charge in [-0.05, 0) is 31.5 Å². The average Bonchev–Trinajstić information content (AvgIpc) is 2.81. The molecule has 3 aliphatic heterocycles. The number of amides is 2. The molecule has 164 valence electrons. The molecule has 2 amide bonds. The van der Waals surface area contributed by atoms with Crippen molar-refractivity contribution in [2.45, 2.75) is 19.4 Å². The van der Waals surface area contributed by atoms with E-state index in [1.807, 2.05) is 15.9 Å². The van der Waals surface area contributed by atoms with Gasteiger partial charge >= 0.3 is 0 Å². The Bertz CT molecular complexity index is 692. The normalized spacial score (nSPS) is 22.3. The first-order chi connectivity index (χ1) is 14.7. The summed E-state index contributed by atoms with van der Waals surface area (Å²) in [7, 11) is 0. The summed E-state index contributed by atoms with van der Waals surface area (Å²) in [5.41, 5.74) is 1.33. The fourth-order valence-electron chi connectivity index (χ4n) is 4.67. The zero-order chi connectivity index (χ0) is 20.8. The molecule has 0 aliphatic carbocycles. The number of ether oxygens (including phenoxy) is 1. The lowest BCUT2D eigenvalue weighted by Gasteiger charge is -2.38. The molecule has 0 saturated carbocycles. The molecule has 3 heterocycles. The number of piperidine rings is 1. The maximum atomic E-state index is 12.8. The fraction of sp³-hybridized carbons (Fsp3) is 0.652. The van der Waals surface area contributed by atoms with Gasteiger partial charge in [-0.2, -0.15) is 0 Å². The molecule has 3 fully saturated rings. The van der Waals surface area contributed by atoms with Gasteiger partial charge in [-0.3, -0.25) is 19.4 Å². The van der Waals surface area contributed by atoms with E-state index >= 15 is 0 Å². The summed E-state index contributed by atoms with van der Waals surface area (Å²) < 4.78 is 5.34. The second-order valence-electron chi connectivity index (χ2n) is 8.63. The molecule has 0 spiro atoms. The quantitative estimate of drug-likeness (QED) is 0.717. The highest BCUT2D eigenvalue weighted by atomic mass is 16.5. The van der Waals surface area contributed by atoms with Gasteiger partial charge in [-0.25, -0.2) is 0 Å². The van der Waals surface area contributed by atoms with E-state index in [0.29, 0.717) is 32.8 Å². The smallest absolute Gasteiger partial charge is 0.236 e. The van der Waals surface area contributed by atoms with Gasteiger partial charge in [0.2, 0.25) is 11.8 Å². The number of nitrogens with zero attached hydrogens (tertiary/aromatic N) is 4. The predicted molar refractivity (Wildman–Crippen MR) is 115 cm³/mol. The van der Waals surface area contributed by atoms with E-state index in [2.05, 4.69) is 34.1 Å². The third-order valence-electron chi connectivity index (χ3n) is 6.59.